The Morgan fingerprint density at radius 1 is 1.17 bits per heavy atom. The predicted molar refractivity (Wildman–Crippen MR) is 49.7 cm³/mol. The molecular weight excluding hydrogens is 176 g/mol. The average molecular weight is 190 g/mol. The van der Waals surface area contributed by atoms with E-state index in [1.54, 1.807) is 0 Å². The third-order valence-electron chi connectivity index (χ3n) is 1.85. The van der Waals surface area contributed by atoms with E-state index < -0.39 is 16.9 Å². The van der Waals surface area contributed by atoms with Gasteiger partial charge in [-0.1, -0.05) is 6.42 Å². The molecule has 0 aromatic rings. The summed E-state index contributed by atoms with van der Waals surface area (Å²) in [6, 6.07) is 0. The van der Waals surface area contributed by atoms with Gasteiger partial charge in [0.05, 0.1) is 0 Å². The van der Waals surface area contributed by atoms with Gasteiger partial charge in [0.1, 0.15) is 0 Å². The molecule has 0 atom stereocenters. The van der Waals surface area contributed by atoms with Gasteiger partial charge in [-0.2, -0.15) is 10.9 Å². The zero-order chi connectivity index (χ0) is 8.97. The molecule has 1 fully saturated rings. The highest BCUT2D eigenvalue weighted by Crippen LogP contribution is 2.34. The Balaban J connectivity index is 2.34. The largest absolute Gasteiger partial charge is 0.386 e. The highest BCUT2D eigenvalue weighted by Gasteiger charge is 2.19. The minimum Gasteiger partial charge on any atom is -0.386 e. The van der Waals surface area contributed by atoms with Crippen molar-refractivity contribution in [1.82, 2.24) is 0 Å². The molecule has 3 nitrogen and oxygen atoms in total. The van der Waals surface area contributed by atoms with Crippen molar-refractivity contribution in [2.45, 2.75) is 26.2 Å². The van der Waals surface area contributed by atoms with E-state index in [9.17, 15) is 9.59 Å². The summed E-state index contributed by atoms with van der Waals surface area (Å²) < 4.78 is 4.54. The van der Waals surface area contributed by atoms with Crippen LogP contribution < -0.4 is 0 Å². The van der Waals surface area contributed by atoms with Crippen LogP contribution in [-0.2, 0) is 9.53 Å². The number of carbonyl (C=O) groups is 2. The highest BCUT2D eigenvalue weighted by atomic mass is 32.2. The van der Waals surface area contributed by atoms with Crippen LogP contribution in [0.2, 0.25) is 0 Å². The van der Waals surface area contributed by atoms with Crippen LogP contribution in [-0.4, -0.2) is 22.8 Å². The van der Waals surface area contributed by atoms with Gasteiger partial charge in [-0.05, 0) is 24.3 Å². The number of carbonyl (C=O) groups excluding carboxylic acids is 2. The van der Waals surface area contributed by atoms with E-state index in [0.717, 1.165) is 24.3 Å². The van der Waals surface area contributed by atoms with Crippen LogP contribution in [0.3, 0.4) is 0 Å². The topological polar surface area (TPSA) is 43.4 Å². The quantitative estimate of drug-likeness (QED) is 0.360. The second kappa shape index (κ2) is 4.50. The van der Waals surface area contributed by atoms with Gasteiger partial charge in [-0.25, -0.2) is 4.79 Å². The number of esters is 1. The Morgan fingerprint density at radius 3 is 2.25 bits per heavy atom. The minimum atomic E-state index is -0.647. The number of hydrogen-bond acceptors (Lipinski definition) is 3. The first kappa shape index (κ1) is 9.58. The minimum absolute atomic E-state index is 0.266. The van der Waals surface area contributed by atoms with E-state index in [-0.39, 0.29) is 5.30 Å². The summed E-state index contributed by atoms with van der Waals surface area (Å²) in [4.78, 5) is 21.7. The average Bonchev–Trinajstić information content (AvgIpc) is 2.05. The summed E-state index contributed by atoms with van der Waals surface area (Å²) in [6.45, 7) is 1.27. The van der Waals surface area contributed by atoms with Crippen molar-refractivity contribution in [3.05, 3.63) is 0 Å². The molecule has 1 heterocycles. The van der Waals surface area contributed by atoms with Gasteiger partial charge >= 0.3 is 11.3 Å². The van der Waals surface area contributed by atoms with Crippen molar-refractivity contribution < 1.29 is 14.3 Å². The van der Waals surface area contributed by atoms with E-state index in [1.165, 1.54) is 13.3 Å². The van der Waals surface area contributed by atoms with Crippen LogP contribution in [0.25, 0.3) is 0 Å². The summed E-state index contributed by atoms with van der Waals surface area (Å²) in [5.74, 6) is 1.41. The maximum absolute atomic E-state index is 11.2. The van der Waals surface area contributed by atoms with Crippen LogP contribution in [0.15, 0.2) is 0 Å². The molecule has 1 aliphatic heterocycles. The van der Waals surface area contributed by atoms with Crippen molar-refractivity contribution in [1.29, 1.82) is 0 Å². The van der Waals surface area contributed by atoms with Crippen molar-refractivity contribution in [2.24, 2.45) is 0 Å². The number of ether oxygens (including phenoxy) is 1. The van der Waals surface area contributed by atoms with Crippen molar-refractivity contribution in [3.63, 3.8) is 0 Å². The Bertz CT molecular complexity index is 185. The second-order valence-corrected chi connectivity index (χ2v) is 5.25. The highest BCUT2D eigenvalue weighted by molar-refractivity contribution is 8.29. The second-order valence-electron chi connectivity index (χ2n) is 2.91. The fourth-order valence-electron chi connectivity index (χ4n) is 1.26. The van der Waals surface area contributed by atoms with E-state index in [1.807, 2.05) is 0 Å². The van der Waals surface area contributed by atoms with E-state index in [0.29, 0.717) is 0 Å². The number of thiol groups is 1. The first-order valence-electron chi connectivity index (χ1n) is 4.17. The fourth-order valence-corrected chi connectivity index (χ4v) is 3.32. The number of rotatable bonds is 0. The van der Waals surface area contributed by atoms with Gasteiger partial charge in [0.15, 0.2) is 0 Å². The molecule has 0 aromatic heterocycles. The van der Waals surface area contributed by atoms with Crippen molar-refractivity contribution >= 4 is 22.2 Å². The standard InChI is InChI=1S/C8H14O3S/c1-7(9)11-8(10)12-5-3-2-4-6-12/h12H,2-6H2,1H3. The Labute approximate surface area is 74.8 Å². The van der Waals surface area contributed by atoms with Gasteiger partial charge in [-0.15, -0.1) is 0 Å². The van der Waals surface area contributed by atoms with Crippen LogP contribution in [0, 0.1) is 0 Å². The van der Waals surface area contributed by atoms with Gasteiger partial charge in [-0.3, -0.25) is 4.79 Å². The zero-order valence-electron chi connectivity index (χ0n) is 7.21. The molecule has 4 heteroatoms. The molecule has 0 amide bonds. The molecule has 0 unspecified atom stereocenters. The lowest BCUT2D eigenvalue weighted by atomic mass is 10.3. The van der Waals surface area contributed by atoms with Crippen molar-refractivity contribution in [3.8, 4) is 0 Å². The lowest BCUT2D eigenvalue weighted by Crippen LogP contribution is -2.14. The molecule has 1 rings (SSSR count). The number of hydrogen-bond donors (Lipinski definition) is 1. The zero-order valence-corrected chi connectivity index (χ0v) is 8.10. The Hall–Kier alpha value is -0.510. The summed E-state index contributed by atoms with van der Waals surface area (Å²) in [5.41, 5.74) is 0. The molecule has 1 aliphatic rings. The SMILES string of the molecule is CC(=O)OC(=O)[SH]1CCCCC1. The summed E-state index contributed by atoms with van der Waals surface area (Å²) in [6.07, 6.45) is 3.43. The third kappa shape index (κ3) is 2.85. The summed E-state index contributed by atoms with van der Waals surface area (Å²) in [5, 5.41) is -0.266. The monoisotopic (exact) mass is 190 g/mol. The predicted octanol–water partition coefficient (Wildman–Crippen LogP) is 1.85. The molecular formula is C8H14O3S. The van der Waals surface area contributed by atoms with Crippen molar-refractivity contribution in [2.75, 3.05) is 11.5 Å². The third-order valence-corrected chi connectivity index (χ3v) is 4.17. The van der Waals surface area contributed by atoms with E-state index >= 15 is 0 Å². The molecule has 0 spiro atoms. The summed E-state index contributed by atoms with van der Waals surface area (Å²) >= 11 is 0. The van der Waals surface area contributed by atoms with Crippen LogP contribution in [0.1, 0.15) is 26.2 Å². The molecule has 0 radical (unpaired) electrons. The molecule has 12 heavy (non-hydrogen) atoms. The smallest absolute Gasteiger partial charge is 0.354 e. The lowest BCUT2D eigenvalue weighted by molar-refractivity contribution is -0.133. The van der Waals surface area contributed by atoms with Crippen LogP contribution >= 0.6 is 10.9 Å². The van der Waals surface area contributed by atoms with Gasteiger partial charge in [0, 0.05) is 6.92 Å². The van der Waals surface area contributed by atoms with E-state index in [4.69, 9.17) is 0 Å². The lowest BCUT2D eigenvalue weighted by Gasteiger charge is -2.22. The van der Waals surface area contributed by atoms with Gasteiger partial charge in [0.2, 0.25) is 0 Å². The normalized spacial score (nSPS) is 20.2. The maximum Gasteiger partial charge on any atom is 0.354 e. The van der Waals surface area contributed by atoms with Crippen LogP contribution in [0.4, 0.5) is 4.79 Å². The molecule has 0 N–H and O–H groups in total. The molecule has 0 aliphatic carbocycles. The Morgan fingerprint density at radius 2 is 1.75 bits per heavy atom. The fraction of sp³-hybridized carbons (Fsp3) is 0.750. The molecule has 0 saturated carbocycles. The van der Waals surface area contributed by atoms with Gasteiger partial charge in [0.25, 0.3) is 0 Å². The van der Waals surface area contributed by atoms with Gasteiger partial charge < -0.3 is 4.74 Å². The maximum atomic E-state index is 11.2. The summed E-state index contributed by atoms with van der Waals surface area (Å²) in [7, 11) is -0.647. The first-order chi connectivity index (χ1) is 5.70. The van der Waals surface area contributed by atoms with E-state index in [2.05, 4.69) is 4.74 Å². The molecule has 1 saturated heterocycles. The molecule has 0 aromatic carbocycles. The Kier molecular flexibility index (Phi) is 3.59. The first-order valence-corrected chi connectivity index (χ1v) is 5.88. The molecule has 0 bridgehead atoms. The molecule has 70 valence electrons. The van der Waals surface area contributed by atoms with Crippen LogP contribution in [0.5, 0.6) is 0 Å².